The summed E-state index contributed by atoms with van der Waals surface area (Å²) < 4.78 is 41.4. The topological polar surface area (TPSA) is 80.0 Å². The molecule has 1 amide bonds. The highest BCUT2D eigenvalue weighted by Gasteiger charge is 2.45. The third-order valence-corrected chi connectivity index (χ3v) is 5.77. The zero-order valence-corrected chi connectivity index (χ0v) is 16.7. The molecule has 4 N–H and O–H groups in total. The number of amides is 1. The van der Waals surface area contributed by atoms with Gasteiger partial charge in [-0.2, -0.15) is 13.2 Å². The van der Waals surface area contributed by atoms with Gasteiger partial charge in [-0.25, -0.2) is 0 Å². The largest absolute Gasteiger partial charge is 0.416 e. The average molecular weight is 420 g/mol. The minimum Gasteiger partial charge on any atom is -0.368 e. The molecular weight excluding hydrogens is 393 g/mol. The normalized spacial score (nSPS) is 17.4. The van der Waals surface area contributed by atoms with E-state index in [1.54, 1.807) is 24.5 Å². The van der Waals surface area contributed by atoms with Crippen molar-refractivity contribution >= 4 is 5.91 Å². The van der Waals surface area contributed by atoms with Crippen LogP contribution in [0.3, 0.4) is 0 Å². The summed E-state index contributed by atoms with van der Waals surface area (Å²) in [6.07, 6.45) is 1.28. The molecular formula is C22H27F3N4O. The summed E-state index contributed by atoms with van der Waals surface area (Å²) in [6, 6.07) is 8.52. The Morgan fingerprint density at radius 1 is 1.10 bits per heavy atom. The van der Waals surface area contributed by atoms with E-state index in [9.17, 15) is 18.0 Å². The van der Waals surface area contributed by atoms with Crippen LogP contribution in [0.25, 0.3) is 0 Å². The maximum absolute atomic E-state index is 13.8. The number of hydrogen-bond acceptors (Lipinski definition) is 4. The lowest BCUT2D eigenvalue weighted by Gasteiger charge is -2.35. The number of nitrogens with zero attached hydrogens (tertiary/aromatic N) is 1. The molecule has 1 aromatic carbocycles. The van der Waals surface area contributed by atoms with Gasteiger partial charge < -0.3 is 11.1 Å². The lowest BCUT2D eigenvalue weighted by atomic mass is 9.80. The number of primary amides is 1. The Bertz CT molecular complexity index is 838. The Balaban J connectivity index is 1.97. The Morgan fingerprint density at radius 2 is 1.73 bits per heavy atom. The molecule has 5 nitrogen and oxygen atoms in total. The number of aromatic nitrogens is 1. The molecule has 1 aliphatic rings. The summed E-state index contributed by atoms with van der Waals surface area (Å²) in [7, 11) is 0. The smallest absolute Gasteiger partial charge is 0.368 e. The van der Waals surface area contributed by atoms with Crippen molar-refractivity contribution in [2.24, 2.45) is 11.7 Å². The van der Waals surface area contributed by atoms with Gasteiger partial charge in [-0.1, -0.05) is 18.2 Å². The molecule has 1 aliphatic heterocycles. The molecule has 0 spiro atoms. The minimum atomic E-state index is -4.60. The molecule has 8 heteroatoms. The van der Waals surface area contributed by atoms with Crippen LogP contribution in [0.5, 0.6) is 0 Å². The predicted octanol–water partition coefficient (Wildman–Crippen LogP) is 3.00. The summed E-state index contributed by atoms with van der Waals surface area (Å²) >= 11 is 0. The van der Waals surface area contributed by atoms with Crippen LogP contribution in [0.15, 0.2) is 48.8 Å². The molecule has 1 fully saturated rings. The zero-order chi connectivity index (χ0) is 21.6. The van der Waals surface area contributed by atoms with Crippen molar-refractivity contribution in [2.75, 3.05) is 19.6 Å². The monoisotopic (exact) mass is 420 g/mol. The predicted molar refractivity (Wildman–Crippen MR) is 108 cm³/mol. The molecule has 1 saturated heterocycles. The average Bonchev–Trinajstić information content (AvgIpc) is 2.74. The SMILES string of the molecule is NC(=O)C(Cc1ccncc1)(NCCC1CCNCC1)c1ccccc1C(F)(F)F. The van der Waals surface area contributed by atoms with Crippen LogP contribution in [-0.2, 0) is 22.9 Å². The highest BCUT2D eigenvalue weighted by Crippen LogP contribution is 2.38. The second-order valence-electron chi connectivity index (χ2n) is 7.75. The van der Waals surface area contributed by atoms with Crippen molar-refractivity contribution in [1.29, 1.82) is 0 Å². The number of benzene rings is 1. The number of rotatable bonds is 8. The van der Waals surface area contributed by atoms with E-state index >= 15 is 0 Å². The molecule has 162 valence electrons. The Labute approximate surface area is 174 Å². The van der Waals surface area contributed by atoms with Gasteiger partial charge >= 0.3 is 6.18 Å². The van der Waals surface area contributed by atoms with Gasteiger partial charge in [0.05, 0.1) is 5.56 Å². The molecule has 0 radical (unpaired) electrons. The number of carbonyl (C=O) groups is 1. The van der Waals surface area contributed by atoms with Gasteiger partial charge in [-0.15, -0.1) is 0 Å². The third kappa shape index (κ3) is 5.17. The summed E-state index contributed by atoms with van der Waals surface area (Å²) in [4.78, 5) is 16.7. The van der Waals surface area contributed by atoms with Crippen molar-refractivity contribution < 1.29 is 18.0 Å². The highest BCUT2D eigenvalue weighted by molar-refractivity contribution is 5.87. The van der Waals surface area contributed by atoms with Crippen LogP contribution < -0.4 is 16.4 Å². The van der Waals surface area contributed by atoms with E-state index in [0.717, 1.165) is 38.4 Å². The van der Waals surface area contributed by atoms with Crippen molar-refractivity contribution in [3.8, 4) is 0 Å². The Morgan fingerprint density at radius 3 is 2.33 bits per heavy atom. The lowest BCUT2D eigenvalue weighted by Crippen LogP contribution is -2.55. The molecule has 2 heterocycles. The van der Waals surface area contributed by atoms with Crippen molar-refractivity contribution in [2.45, 2.75) is 37.4 Å². The molecule has 0 bridgehead atoms. The number of carbonyl (C=O) groups excluding carboxylic acids is 1. The number of nitrogens with two attached hydrogens (primary N) is 1. The maximum Gasteiger partial charge on any atom is 0.416 e. The van der Waals surface area contributed by atoms with Gasteiger partial charge in [0, 0.05) is 18.8 Å². The number of pyridine rings is 1. The Kier molecular flexibility index (Phi) is 7.10. The van der Waals surface area contributed by atoms with Gasteiger partial charge in [0.15, 0.2) is 0 Å². The number of hydrogen-bond donors (Lipinski definition) is 3. The van der Waals surface area contributed by atoms with Crippen molar-refractivity contribution in [1.82, 2.24) is 15.6 Å². The molecule has 1 unspecified atom stereocenters. The highest BCUT2D eigenvalue weighted by atomic mass is 19.4. The van der Waals surface area contributed by atoms with Crippen LogP contribution >= 0.6 is 0 Å². The third-order valence-electron chi connectivity index (χ3n) is 5.77. The number of nitrogens with one attached hydrogen (secondary N) is 2. The van der Waals surface area contributed by atoms with Gasteiger partial charge in [0.25, 0.3) is 0 Å². The summed E-state index contributed by atoms with van der Waals surface area (Å²) in [5.41, 5.74) is 3.78. The van der Waals surface area contributed by atoms with E-state index < -0.39 is 23.2 Å². The Hall–Kier alpha value is -2.45. The second kappa shape index (κ2) is 9.57. The molecule has 2 aromatic rings. The standard InChI is InChI=1S/C22H27F3N4O/c23-22(24,25)19-4-2-1-3-18(19)21(20(26)30,15-17-7-12-28-13-8-17)29-14-9-16-5-10-27-11-6-16/h1-4,7-8,12-13,16,27,29H,5-6,9-11,14-15H2,(H2,26,30). The van der Waals surface area contributed by atoms with Gasteiger partial charge in [-0.05, 0) is 74.1 Å². The van der Waals surface area contributed by atoms with E-state index in [1.165, 1.54) is 18.2 Å². The molecule has 0 saturated carbocycles. The first-order chi connectivity index (χ1) is 14.3. The van der Waals surface area contributed by atoms with Gasteiger partial charge in [0.1, 0.15) is 5.54 Å². The fraction of sp³-hybridized carbons (Fsp3) is 0.455. The number of halogens is 3. The van der Waals surface area contributed by atoms with E-state index in [1.807, 2.05) is 0 Å². The lowest BCUT2D eigenvalue weighted by molar-refractivity contribution is -0.139. The fourth-order valence-electron chi connectivity index (χ4n) is 4.13. The van der Waals surface area contributed by atoms with Crippen LogP contribution in [0, 0.1) is 5.92 Å². The van der Waals surface area contributed by atoms with Crippen LogP contribution in [0.2, 0.25) is 0 Å². The van der Waals surface area contributed by atoms with E-state index in [0.29, 0.717) is 18.0 Å². The summed E-state index contributed by atoms with van der Waals surface area (Å²) in [6.45, 7) is 2.25. The number of piperidine rings is 1. The van der Waals surface area contributed by atoms with Crippen molar-refractivity contribution in [3.63, 3.8) is 0 Å². The van der Waals surface area contributed by atoms with Crippen molar-refractivity contribution in [3.05, 3.63) is 65.5 Å². The van der Waals surface area contributed by atoms with Crippen LogP contribution in [0.4, 0.5) is 13.2 Å². The fourth-order valence-corrected chi connectivity index (χ4v) is 4.13. The van der Waals surface area contributed by atoms with Gasteiger partial charge in [0.2, 0.25) is 5.91 Å². The van der Waals surface area contributed by atoms with Gasteiger partial charge in [-0.3, -0.25) is 15.1 Å². The molecule has 30 heavy (non-hydrogen) atoms. The number of alkyl halides is 3. The maximum atomic E-state index is 13.8. The van der Waals surface area contributed by atoms with Crippen LogP contribution in [-0.4, -0.2) is 30.5 Å². The first kappa shape index (κ1) is 22.2. The van der Waals surface area contributed by atoms with Crippen LogP contribution in [0.1, 0.15) is 36.0 Å². The summed E-state index contributed by atoms with van der Waals surface area (Å²) in [5, 5.41) is 6.44. The van der Waals surface area contributed by atoms with E-state index in [2.05, 4.69) is 15.6 Å². The molecule has 1 atom stereocenters. The second-order valence-corrected chi connectivity index (χ2v) is 7.75. The molecule has 1 aromatic heterocycles. The molecule has 0 aliphatic carbocycles. The van der Waals surface area contributed by atoms with E-state index in [-0.39, 0.29) is 12.0 Å². The quantitative estimate of drug-likeness (QED) is 0.613. The molecule has 3 rings (SSSR count). The minimum absolute atomic E-state index is 0.00414. The summed E-state index contributed by atoms with van der Waals surface area (Å²) in [5.74, 6) is -0.371. The zero-order valence-electron chi connectivity index (χ0n) is 16.7. The first-order valence-electron chi connectivity index (χ1n) is 10.1. The first-order valence-corrected chi connectivity index (χ1v) is 10.1. The van der Waals surface area contributed by atoms with E-state index in [4.69, 9.17) is 5.73 Å².